The molecule has 8 nitrogen and oxygen atoms in total. The maximum atomic E-state index is 12.8. The molecule has 30 heavy (non-hydrogen) atoms. The Morgan fingerprint density at radius 3 is 2.60 bits per heavy atom. The second kappa shape index (κ2) is 7.67. The molecule has 8 heteroatoms. The van der Waals surface area contributed by atoms with Crippen LogP contribution < -0.4 is 0 Å². The van der Waals surface area contributed by atoms with Crippen molar-refractivity contribution in [2.75, 3.05) is 0 Å². The van der Waals surface area contributed by atoms with Crippen LogP contribution in [-0.2, 0) is 33.3 Å². The fraction of sp³-hybridized carbons (Fsp3) is 0.591. The summed E-state index contributed by atoms with van der Waals surface area (Å²) < 4.78 is 23.0. The highest BCUT2D eigenvalue weighted by atomic mass is 16.7. The van der Waals surface area contributed by atoms with Crippen LogP contribution in [-0.4, -0.2) is 53.2 Å². The van der Waals surface area contributed by atoms with Crippen LogP contribution in [0.25, 0.3) is 0 Å². The SMILES string of the molecule is C=C1C(=O)O[C@@H]2[C@]3(C)CC/C=C(/C)[C@@H](OC(C)=O)[C@@H](OC(=O)/C(C)=C\C)[C@@]12O[C@H]3O. The number of carbonyl (C=O) groups excluding carboxylic acids is 3. The standard InChI is InChI=1S/C22H28O8/c1-7-11(2)17(24)28-16-15(27-14(5)23)12(3)9-8-10-21(6)19-22(16,30-20(21)26)13(4)18(25)29-19/h7,9,15-16,19-20,26H,4,8,10H2,1-3,5-6H3/b11-7-,12-9-/t15-,16-,19-,20-,21+,22+/m1/s1. The zero-order valence-corrected chi connectivity index (χ0v) is 17.9. The summed E-state index contributed by atoms with van der Waals surface area (Å²) in [5, 5.41) is 10.8. The van der Waals surface area contributed by atoms with Crippen LogP contribution in [0.2, 0.25) is 0 Å². The van der Waals surface area contributed by atoms with E-state index in [9.17, 15) is 19.5 Å². The lowest BCUT2D eigenvalue weighted by Gasteiger charge is -2.39. The minimum atomic E-state index is -1.70. The molecule has 2 bridgehead atoms. The number of rotatable bonds is 3. The predicted molar refractivity (Wildman–Crippen MR) is 105 cm³/mol. The van der Waals surface area contributed by atoms with Crippen LogP contribution in [0.5, 0.6) is 0 Å². The molecule has 2 aliphatic heterocycles. The van der Waals surface area contributed by atoms with Crippen LogP contribution in [0.4, 0.5) is 0 Å². The molecule has 2 saturated heterocycles. The Balaban J connectivity index is 2.24. The number of aliphatic hydroxyl groups is 1. The fourth-order valence-corrected chi connectivity index (χ4v) is 4.43. The van der Waals surface area contributed by atoms with E-state index in [-0.39, 0.29) is 5.57 Å². The summed E-state index contributed by atoms with van der Waals surface area (Å²) >= 11 is 0. The third-order valence-electron chi connectivity index (χ3n) is 6.38. The van der Waals surface area contributed by atoms with Crippen LogP contribution in [0.1, 0.15) is 47.5 Å². The first-order chi connectivity index (χ1) is 14.0. The molecular weight excluding hydrogens is 392 g/mol. The lowest BCUT2D eigenvalue weighted by molar-refractivity contribution is -0.209. The molecule has 0 aromatic carbocycles. The summed E-state index contributed by atoms with van der Waals surface area (Å²) in [6.07, 6.45) is -0.244. The Hall–Kier alpha value is -2.45. The van der Waals surface area contributed by atoms with Gasteiger partial charge < -0.3 is 24.1 Å². The monoisotopic (exact) mass is 420 g/mol. The van der Waals surface area contributed by atoms with Gasteiger partial charge in [0.15, 0.2) is 24.1 Å². The average molecular weight is 420 g/mol. The van der Waals surface area contributed by atoms with Crippen molar-refractivity contribution in [3.63, 3.8) is 0 Å². The van der Waals surface area contributed by atoms with Crippen molar-refractivity contribution in [1.29, 1.82) is 0 Å². The molecule has 0 aromatic rings. The van der Waals surface area contributed by atoms with Crippen molar-refractivity contribution in [2.24, 2.45) is 5.41 Å². The molecule has 6 atom stereocenters. The molecule has 0 unspecified atom stereocenters. The third kappa shape index (κ3) is 3.18. The average Bonchev–Trinajstić information content (AvgIpc) is 3.07. The van der Waals surface area contributed by atoms with Gasteiger partial charge in [-0.05, 0) is 39.2 Å². The van der Waals surface area contributed by atoms with Gasteiger partial charge in [-0.15, -0.1) is 0 Å². The van der Waals surface area contributed by atoms with Gasteiger partial charge in [-0.1, -0.05) is 25.7 Å². The first kappa shape index (κ1) is 22.2. The van der Waals surface area contributed by atoms with E-state index in [2.05, 4.69) is 6.58 Å². The molecule has 1 N–H and O–H groups in total. The van der Waals surface area contributed by atoms with Crippen LogP contribution in [0.3, 0.4) is 0 Å². The summed E-state index contributed by atoms with van der Waals surface area (Å²) in [5.74, 6) is -1.97. The minimum Gasteiger partial charge on any atom is -0.455 e. The highest BCUT2D eigenvalue weighted by molar-refractivity contribution is 5.94. The maximum Gasteiger partial charge on any atom is 0.337 e. The third-order valence-corrected chi connectivity index (χ3v) is 6.38. The Bertz CT molecular complexity index is 855. The second-order valence-electron chi connectivity index (χ2n) is 8.35. The number of carbonyl (C=O) groups is 3. The molecule has 1 aliphatic carbocycles. The number of aliphatic hydroxyl groups excluding tert-OH is 1. The fourth-order valence-electron chi connectivity index (χ4n) is 4.43. The van der Waals surface area contributed by atoms with Gasteiger partial charge in [0.2, 0.25) is 0 Å². The van der Waals surface area contributed by atoms with Gasteiger partial charge in [0.1, 0.15) is 6.10 Å². The predicted octanol–water partition coefficient (Wildman–Crippen LogP) is 2.11. The number of ether oxygens (including phenoxy) is 4. The van der Waals surface area contributed by atoms with E-state index < -0.39 is 53.5 Å². The summed E-state index contributed by atoms with van der Waals surface area (Å²) in [6.45, 7) is 11.8. The Labute approximate surface area is 175 Å². The van der Waals surface area contributed by atoms with E-state index in [1.165, 1.54) is 6.92 Å². The summed E-state index contributed by atoms with van der Waals surface area (Å²) in [6, 6.07) is 0. The normalized spacial score (nSPS) is 40.3. The van der Waals surface area contributed by atoms with Crippen molar-refractivity contribution < 1.29 is 38.4 Å². The highest BCUT2D eigenvalue weighted by Crippen LogP contribution is 2.58. The first-order valence-corrected chi connectivity index (χ1v) is 9.93. The Kier molecular flexibility index (Phi) is 5.68. The van der Waals surface area contributed by atoms with Crippen molar-refractivity contribution in [3.05, 3.63) is 35.5 Å². The van der Waals surface area contributed by atoms with E-state index in [1.54, 1.807) is 33.8 Å². The largest absolute Gasteiger partial charge is 0.455 e. The van der Waals surface area contributed by atoms with Gasteiger partial charge in [0.05, 0.1) is 11.0 Å². The maximum absolute atomic E-state index is 12.8. The number of allylic oxidation sites excluding steroid dienone is 2. The molecule has 0 aromatic heterocycles. The zero-order chi connectivity index (χ0) is 22.4. The molecule has 2 heterocycles. The summed E-state index contributed by atoms with van der Waals surface area (Å²) in [7, 11) is 0. The quantitative estimate of drug-likeness (QED) is 0.320. The molecule has 164 valence electrons. The van der Waals surface area contributed by atoms with Crippen LogP contribution in [0.15, 0.2) is 35.5 Å². The molecule has 0 radical (unpaired) electrons. The van der Waals surface area contributed by atoms with Crippen molar-refractivity contribution in [3.8, 4) is 0 Å². The van der Waals surface area contributed by atoms with Gasteiger partial charge in [-0.25, -0.2) is 9.59 Å². The molecule has 3 aliphatic rings. The lowest BCUT2D eigenvalue weighted by atomic mass is 9.72. The zero-order valence-electron chi connectivity index (χ0n) is 17.9. The second-order valence-corrected chi connectivity index (χ2v) is 8.35. The van der Waals surface area contributed by atoms with Gasteiger partial charge in [-0.3, -0.25) is 4.79 Å². The molecule has 2 fully saturated rings. The molecule has 0 saturated carbocycles. The van der Waals surface area contributed by atoms with E-state index in [4.69, 9.17) is 18.9 Å². The van der Waals surface area contributed by atoms with E-state index in [0.717, 1.165) is 0 Å². The summed E-state index contributed by atoms with van der Waals surface area (Å²) in [5.41, 5.74) is -1.80. The van der Waals surface area contributed by atoms with E-state index >= 15 is 0 Å². The molecule has 0 amide bonds. The van der Waals surface area contributed by atoms with Gasteiger partial charge in [0.25, 0.3) is 0 Å². The van der Waals surface area contributed by atoms with Crippen molar-refractivity contribution in [1.82, 2.24) is 0 Å². The number of esters is 3. The van der Waals surface area contributed by atoms with E-state index in [0.29, 0.717) is 24.0 Å². The minimum absolute atomic E-state index is 0.0851. The number of hydrogen-bond acceptors (Lipinski definition) is 8. The Morgan fingerprint density at radius 1 is 1.33 bits per heavy atom. The molecule has 0 spiro atoms. The highest BCUT2D eigenvalue weighted by Gasteiger charge is 2.74. The summed E-state index contributed by atoms with van der Waals surface area (Å²) in [4.78, 5) is 37.2. The van der Waals surface area contributed by atoms with Crippen LogP contribution in [0, 0.1) is 5.41 Å². The van der Waals surface area contributed by atoms with Gasteiger partial charge >= 0.3 is 17.9 Å². The smallest absolute Gasteiger partial charge is 0.337 e. The molecular formula is C22H28O8. The van der Waals surface area contributed by atoms with E-state index in [1.807, 2.05) is 6.08 Å². The lowest BCUT2D eigenvalue weighted by Crippen LogP contribution is -2.58. The first-order valence-electron chi connectivity index (χ1n) is 9.93. The van der Waals surface area contributed by atoms with Crippen molar-refractivity contribution in [2.45, 2.75) is 77.7 Å². The number of hydrogen-bond donors (Lipinski definition) is 1. The van der Waals surface area contributed by atoms with Crippen LogP contribution >= 0.6 is 0 Å². The Morgan fingerprint density at radius 2 is 2.00 bits per heavy atom. The van der Waals surface area contributed by atoms with Gasteiger partial charge in [-0.2, -0.15) is 0 Å². The van der Waals surface area contributed by atoms with Crippen molar-refractivity contribution >= 4 is 17.9 Å². The van der Waals surface area contributed by atoms with Gasteiger partial charge in [0, 0.05) is 12.5 Å². The topological polar surface area (TPSA) is 108 Å². The molecule has 3 rings (SSSR count).